The Hall–Kier alpha value is -1.02. The molecule has 0 unspecified atom stereocenters. The number of hydrogen-bond acceptors (Lipinski definition) is 5. The van der Waals surface area contributed by atoms with Gasteiger partial charge in [0, 0.05) is 19.2 Å². The van der Waals surface area contributed by atoms with Crippen LogP contribution in [0.5, 0.6) is 11.5 Å². The van der Waals surface area contributed by atoms with Crippen molar-refractivity contribution in [1.82, 2.24) is 9.62 Å². The Labute approximate surface area is 136 Å². The number of methoxy groups -OCH3 is 2. The topological polar surface area (TPSA) is 67.9 Å². The maximum absolute atomic E-state index is 12.4. The van der Waals surface area contributed by atoms with E-state index in [1.54, 1.807) is 0 Å². The second kappa shape index (κ2) is 7.50. The quantitative estimate of drug-likeness (QED) is 0.812. The molecule has 124 valence electrons. The van der Waals surface area contributed by atoms with Crippen LogP contribution in [-0.4, -0.2) is 53.7 Å². The van der Waals surface area contributed by atoms with E-state index < -0.39 is 10.0 Å². The molecule has 0 aliphatic carbocycles. The van der Waals surface area contributed by atoms with E-state index >= 15 is 0 Å². The molecule has 0 saturated carbocycles. The molecule has 1 aliphatic rings. The summed E-state index contributed by atoms with van der Waals surface area (Å²) in [4.78, 5) is 2.25. The maximum Gasteiger partial charge on any atom is 0.244 e. The van der Waals surface area contributed by atoms with Crippen molar-refractivity contribution in [3.05, 3.63) is 17.2 Å². The molecule has 0 radical (unpaired) electrons. The molecule has 1 aromatic rings. The van der Waals surface area contributed by atoms with E-state index in [4.69, 9.17) is 21.1 Å². The van der Waals surface area contributed by atoms with Crippen LogP contribution in [0.2, 0.25) is 5.02 Å². The fraction of sp³-hybridized carbons (Fsp3) is 0.571. The smallest absolute Gasteiger partial charge is 0.244 e. The van der Waals surface area contributed by atoms with Crippen LogP contribution in [-0.2, 0) is 10.0 Å². The van der Waals surface area contributed by atoms with Gasteiger partial charge in [-0.2, -0.15) is 0 Å². The summed E-state index contributed by atoms with van der Waals surface area (Å²) < 4.78 is 37.7. The van der Waals surface area contributed by atoms with E-state index in [0.29, 0.717) is 18.8 Å². The number of hydrogen-bond donors (Lipinski definition) is 1. The Bertz CT molecular complexity index is 616. The van der Waals surface area contributed by atoms with Crippen LogP contribution >= 0.6 is 11.6 Å². The van der Waals surface area contributed by atoms with E-state index in [2.05, 4.69) is 9.62 Å². The molecule has 1 heterocycles. The van der Waals surface area contributed by atoms with Gasteiger partial charge in [-0.25, -0.2) is 13.1 Å². The molecule has 1 aliphatic heterocycles. The van der Waals surface area contributed by atoms with Crippen LogP contribution < -0.4 is 14.2 Å². The lowest BCUT2D eigenvalue weighted by Crippen LogP contribution is -2.33. The molecule has 8 heteroatoms. The number of halogens is 1. The Morgan fingerprint density at radius 1 is 1.18 bits per heavy atom. The van der Waals surface area contributed by atoms with Crippen LogP contribution in [0.25, 0.3) is 0 Å². The average molecular weight is 349 g/mol. The molecule has 2 rings (SSSR count). The van der Waals surface area contributed by atoms with Crippen LogP contribution in [0, 0.1) is 0 Å². The summed E-state index contributed by atoms with van der Waals surface area (Å²) in [6, 6.07) is 2.81. The molecular weight excluding hydrogens is 328 g/mol. The molecule has 22 heavy (non-hydrogen) atoms. The van der Waals surface area contributed by atoms with Gasteiger partial charge in [-0.1, -0.05) is 11.6 Å². The van der Waals surface area contributed by atoms with Gasteiger partial charge in [-0.15, -0.1) is 0 Å². The lowest BCUT2D eigenvalue weighted by molar-refractivity contribution is 0.344. The first-order valence-electron chi connectivity index (χ1n) is 7.11. The van der Waals surface area contributed by atoms with E-state index in [-0.39, 0.29) is 15.7 Å². The number of benzene rings is 1. The summed E-state index contributed by atoms with van der Waals surface area (Å²) in [7, 11) is -0.814. The van der Waals surface area contributed by atoms with Crippen LogP contribution in [0.4, 0.5) is 0 Å². The number of nitrogens with one attached hydrogen (secondary N) is 1. The minimum absolute atomic E-state index is 0.0159. The third-order valence-electron chi connectivity index (χ3n) is 3.65. The number of sulfonamides is 1. The Morgan fingerprint density at radius 3 is 2.41 bits per heavy atom. The first-order valence-corrected chi connectivity index (χ1v) is 8.97. The molecule has 1 fully saturated rings. The SMILES string of the molecule is COc1cc(OC)c(S(=O)(=O)NCCN2CCCC2)cc1Cl. The summed E-state index contributed by atoms with van der Waals surface area (Å²) in [5, 5.41) is 0.225. The first kappa shape index (κ1) is 17.3. The number of nitrogens with zero attached hydrogens (tertiary/aromatic N) is 1. The number of ether oxygens (including phenoxy) is 2. The van der Waals surface area contributed by atoms with Gasteiger partial charge in [-0.3, -0.25) is 0 Å². The Morgan fingerprint density at radius 2 is 1.82 bits per heavy atom. The van der Waals surface area contributed by atoms with Gasteiger partial charge in [0.25, 0.3) is 0 Å². The standard InChI is InChI=1S/C14H21ClN2O4S/c1-20-12-10-13(21-2)14(9-11(12)15)22(18,19)16-5-8-17-6-3-4-7-17/h9-10,16H,3-8H2,1-2H3. The summed E-state index contributed by atoms with van der Waals surface area (Å²) in [5.41, 5.74) is 0. The highest BCUT2D eigenvalue weighted by Crippen LogP contribution is 2.34. The zero-order valence-corrected chi connectivity index (χ0v) is 14.3. The number of likely N-dealkylation sites (tertiary alicyclic amines) is 1. The second-order valence-corrected chi connectivity index (χ2v) is 7.23. The predicted octanol–water partition coefficient (Wildman–Crippen LogP) is 1.73. The van der Waals surface area contributed by atoms with Crippen molar-refractivity contribution in [2.75, 3.05) is 40.4 Å². The van der Waals surface area contributed by atoms with Crippen molar-refractivity contribution < 1.29 is 17.9 Å². The van der Waals surface area contributed by atoms with Crippen molar-refractivity contribution in [3.63, 3.8) is 0 Å². The maximum atomic E-state index is 12.4. The number of rotatable bonds is 7. The van der Waals surface area contributed by atoms with Crippen molar-refractivity contribution in [1.29, 1.82) is 0 Å². The second-order valence-electron chi connectivity index (χ2n) is 5.08. The lowest BCUT2D eigenvalue weighted by Gasteiger charge is -2.16. The molecule has 1 N–H and O–H groups in total. The third-order valence-corrected chi connectivity index (χ3v) is 5.42. The van der Waals surface area contributed by atoms with Crippen molar-refractivity contribution in [2.45, 2.75) is 17.7 Å². The monoisotopic (exact) mass is 348 g/mol. The molecule has 0 spiro atoms. The Kier molecular flexibility index (Phi) is 5.91. The van der Waals surface area contributed by atoms with Crippen molar-refractivity contribution in [2.24, 2.45) is 0 Å². The molecule has 6 nitrogen and oxygen atoms in total. The molecule has 0 bridgehead atoms. The zero-order chi connectivity index (χ0) is 16.2. The van der Waals surface area contributed by atoms with Gasteiger partial charge >= 0.3 is 0 Å². The molecule has 1 saturated heterocycles. The molecule has 0 amide bonds. The highest BCUT2D eigenvalue weighted by atomic mass is 35.5. The minimum atomic E-state index is -3.68. The van der Waals surface area contributed by atoms with E-state index in [1.165, 1.54) is 39.2 Å². The van der Waals surface area contributed by atoms with Crippen LogP contribution in [0.15, 0.2) is 17.0 Å². The van der Waals surface area contributed by atoms with Gasteiger partial charge in [0.1, 0.15) is 16.4 Å². The van der Waals surface area contributed by atoms with Gasteiger partial charge in [-0.05, 0) is 32.0 Å². The van der Waals surface area contributed by atoms with Crippen LogP contribution in [0.1, 0.15) is 12.8 Å². The third kappa shape index (κ3) is 4.04. The average Bonchev–Trinajstić information content (AvgIpc) is 3.00. The first-order chi connectivity index (χ1) is 10.5. The predicted molar refractivity (Wildman–Crippen MR) is 85.4 cm³/mol. The lowest BCUT2D eigenvalue weighted by atomic mass is 10.3. The summed E-state index contributed by atoms with van der Waals surface area (Å²) in [6.45, 7) is 3.11. The summed E-state index contributed by atoms with van der Waals surface area (Å²) in [6.07, 6.45) is 2.35. The van der Waals surface area contributed by atoms with Crippen molar-refractivity contribution >= 4 is 21.6 Å². The van der Waals surface area contributed by atoms with Crippen molar-refractivity contribution in [3.8, 4) is 11.5 Å². The summed E-state index contributed by atoms with van der Waals surface area (Å²) >= 11 is 6.02. The fourth-order valence-corrected chi connectivity index (χ4v) is 3.97. The van der Waals surface area contributed by atoms with Gasteiger partial charge in [0.05, 0.1) is 19.2 Å². The highest BCUT2D eigenvalue weighted by molar-refractivity contribution is 7.89. The normalized spacial score (nSPS) is 16.0. The van der Waals surface area contributed by atoms with Gasteiger partial charge in [0.15, 0.2) is 0 Å². The molecule has 0 atom stereocenters. The van der Waals surface area contributed by atoms with Gasteiger partial charge < -0.3 is 14.4 Å². The molecule has 1 aromatic carbocycles. The minimum Gasteiger partial charge on any atom is -0.495 e. The largest absolute Gasteiger partial charge is 0.495 e. The van der Waals surface area contributed by atoms with Gasteiger partial charge in [0.2, 0.25) is 10.0 Å². The highest BCUT2D eigenvalue weighted by Gasteiger charge is 2.22. The fourth-order valence-electron chi connectivity index (χ4n) is 2.46. The van der Waals surface area contributed by atoms with E-state index in [9.17, 15) is 8.42 Å². The Balaban J connectivity index is 2.12. The van der Waals surface area contributed by atoms with E-state index in [0.717, 1.165) is 13.1 Å². The zero-order valence-electron chi connectivity index (χ0n) is 12.8. The molecular formula is C14H21ClN2O4S. The van der Waals surface area contributed by atoms with E-state index in [1.807, 2.05) is 0 Å². The van der Waals surface area contributed by atoms with Crippen LogP contribution in [0.3, 0.4) is 0 Å². The molecule has 0 aromatic heterocycles. The summed E-state index contributed by atoms with van der Waals surface area (Å²) in [5.74, 6) is 0.574.